The first kappa shape index (κ1) is 17.0. The summed E-state index contributed by atoms with van der Waals surface area (Å²) in [6.45, 7) is 6.70. The SMILES string of the molecule is CC1CC=C(NCc2ccc3nccnc3c2)C(N2CC[C@@H](C)C2)=C1F.[HH]. The van der Waals surface area contributed by atoms with Crippen molar-refractivity contribution in [1.29, 1.82) is 0 Å². The molecule has 1 unspecified atom stereocenters. The molecule has 138 valence electrons. The highest BCUT2D eigenvalue weighted by Crippen LogP contribution is 2.34. The van der Waals surface area contributed by atoms with Crippen molar-refractivity contribution in [3.8, 4) is 0 Å². The molecule has 0 spiro atoms. The average molecular weight is 354 g/mol. The number of nitrogens with one attached hydrogen (secondary N) is 1. The molecule has 2 aromatic rings. The van der Waals surface area contributed by atoms with Gasteiger partial charge in [0.25, 0.3) is 0 Å². The Hall–Kier alpha value is -2.43. The largest absolute Gasteiger partial charge is 0.379 e. The van der Waals surface area contributed by atoms with Gasteiger partial charge in [-0.05, 0) is 36.5 Å². The van der Waals surface area contributed by atoms with Crippen molar-refractivity contribution in [2.75, 3.05) is 13.1 Å². The van der Waals surface area contributed by atoms with Gasteiger partial charge in [-0.25, -0.2) is 4.39 Å². The molecule has 1 aromatic heterocycles. The van der Waals surface area contributed by atoms with Crippen LogP contribution in [0.5, 0.6) is 0 Å². The maximum Gasteiger partial charge on any atom is 0.128 e. The zero-order valence-electron chi connectivity index (χ0n) is 15.4. The Morgan fingerprint density at radius 1 is 1.23 bits per heavy atom. The standard InChI is InChI=1S/C21H25FN4.H2/c1-14-7-10-26(13-14)21-18(5-3-15(2)20(21)22)25-12-16-4-6-17-19(11-16)24-9-8-23-17;/h4-6,8-9,11,14-15,25H,3,7,10,12-13H2,1-2H3;1H/t14-,15?;/m1./s1. The third kappa shape index (κ3) is 3.30. The number of rotatable bonds is 4. The van der Waals surface area contributed by atoms with Crippen molar-refractivity contribution in [3.63, 3.8) is 0 Å². The maximum absolute atomic E-state index is 14.9. The van der Waals surface area contributed by atoms with Gasteiger partial charge in [0.1, 0.15) is 5.83 Å². The van der Waals surface area contributed by atoms with Crippen molar-refractivity contribution < 1.29 is 5.82 Å². The normalized spacial score (nSPS) is 23.5. The molecule has 1 fully saturated rings. The van der Waals surface area contributed by atoms with Crippen LogP contribution >= 0.6 is 0 Å². The molecule has 1 N–H and O–H groups in total. The molecule has 1 aromatic carbocycles. The molecular formula is C21H27FN4. The van der Waals surface area contributed by atoms with E-state index in [9.17, 15) is 4.39 Å². The molecular weight excluding hydrogens is 327 g/mol. The fourth-order valence-electron chi connectivity index (χ4n) is 3.79. The van der Waals surface area contributed by atoms with Crippen LogP contribution in [0, 0.1) is 11.8 Å². The summed E-state index contributed by atoms with van der Waals surface area (Å²) >= 11 is 0. The quantitative estimate of drug-likeness (QED) is 0.883. The number of hydrogen-bond acceptors (Lipinski definition) is 4. The van der Waals surface area contributed by atoms with Gasteiger partial charge >= 0.3 is 0 Å². The smallest absolute Gasteiger partial charge is 0.128 e. The summed E-state index contributed by atoms with van der Waals surface area (Å²) in [7, 11) is 0. The van der Waals surface area contributed by atoms with Crippen LogP contribution in [0.2, 0.25) is 0 Å². The molecule has 4 nitrogen and oxygen atoms in total. The van der Waals surface area contributed by atoms with Crippen molar-refractivity contribution in [2.45, 2.75) is 33.2 Å². The van der Waals surface area contributed by atoms with E-state index in [1.165, 1.54) is 0 Å². The van der Waals surface area contributed by atoms with E-state index in [0.717, 1.165) is 53.9 Å². The van der Waals surface area contributed by atoms with E-state index in [0.29, 0.717) is 12.5 Å². The van der Waals surface area contributed by atoms with Gasteiger partial charge in [-0.2, -0.15) is 0 Å². The summed E-state index contributed by atoms with van der Waals surface area (Å²) in [4.78, 5) is 10.9. The van der Waals surface area contributed by atoms with Gasteiger partial charge in [0.15, 0.2) is 0 Å². The first-order valence-electron chi connectivity index (χ1n) is 9.40. The summed E-state index contributed by atoms with van der Waals surface area (Å²) in [5, 5.41) is 3.47. The monoisotopic (exact) mass is 354 g/mol. The Morgan fingerprint density at radius 2 is 2.04 bits per heavy atom. The van der Waals surface area contributed by atoms with Gasteiger partial charge in [0.2, 0.25) is 0 Å². The van der Waals surface area contributed by atoms with Crippen LogP contribution in [-0.2, 0) is 6.54 Å². The van der Waals surface area contributed by atoms with Gasteiger partial charge in [0.05, 0.1) is 22.4 Å². The van der Waals surface area contributed by atoms with Crippen LogP contribution in [0.4, 0.5) is 4.39 Å². The molecule has 0 radical (unpaired) electrons. The number of likely N-dealkylation sites (tertiary alicyclic amines) is 1. The van der Waals surface area contributed by atoms with Crippen molar-refractivity contribution >= 4 is 11.0 Å². The Bertz CT molecular complexity index is 879. The van der Waals surface area contributed by atoms with Crippen molar-refractivity contribution in [1.82, 2.24) is 20.2 Å². The van der Waals surface area contributed by atoms with E-state index in [1.807, 2.05) is 25.1 Å². The Balaban J connectivity index is 0.00000210. The maximum atomic E-state index is 14.9. The second kappa shape index (κ2) is 7.06. The summed E-state index contributed by atoms with van der Waals surface area (Å²) < 4.78 is 14.9. The van der Waals surface area contributed by atoms with Crippen LogP contribution in [0.25, 0.3) is 11.0 Å². The molecule has 0 saturated carbocycles. The highest BCUT2D eigenvalue weighted by Gasteiger charge is 2.30. The van der Waals surface area contributed by atoms with Crippen LogP contribution in [-0.4, -0.2) is 28.0 Å². The zero-order chi connectivity index (χ0) is 18.1. The number of hydrogen-bond donors (Lipinski definition) is 1. The van der Waals surface area contributed by atoms with E-state index in [1.54, 1.807) is 12.4 Å². The van der Waals surface area contributed by atoms with Crippen molar-refractivity contribution in [3.05, 3.63) is 59.5 Å². The van der Waals surface area contributed by atoms with E-state index >= 15 is 0 Å². The van der Waals surface area contributed by atoms with E-state index < -0.39 is 0 Å². The Kier molecular flexibility index (Phi) is 4.62. The van der Waals surface area contributed by atoms with E-state index in [-0.39, 0.29) is 13.2 Å². The fraction of sp³-hybridized carbons (Fsp3) is 0.429. The Morgan fingerprint density at radius 3 is 2.81 bits per heavy atom. The number of nitrogens with zero attached hydrogens (tertiary/aromatic N) is 3. The second-order valence-corrected chi connectivity index (χ2v) is 7.52. The lowest BCUT2D eigenvalue weighted by Gasteiger charge is -2.30. The minimum atomic E-state index is -0.0394. The van der Waals surface area contributed by atoms with Gasteiger partial charge in [-0.3, -0.25) is 9.97 Å². The molecule has 1 aliphatic heterocycles. The first-order chi connectivity index (χ1) is 12.6. The molecule has 4 rings (SSSR count). The third-order valence-corrected chi connectivity index (χ3v) is 5.35. The summed E-state index contributed by atoms with van der Waals surface area (Å²) in [5.41, 5.74) is 4.59. The third-order valence-electron chi connectivity index (χ3n) is 5.35. The second-order valence-electron chi connectivity index (χ2n) is 7.52. The van der Waals surface area contributed by atoms with Gasteiger partial charge in [-0.15, -0.1) is 0 Å². The summed E-state index contributed by atoms with van der Waals surface area (Å²) in [6.07, 6.45) is 7.42. The lowest BCUT2D eigenvalue weighted by atomic mass is 9.96. The highest BCUT2D eigenvalue weighted by atomic mass is 19.1. The molecule has 2 aliphatic rings. The number of allylic oxidation sites excluding steroid dienone is 2. The zero-order valence-corrected chi connectivity index (χ0v) is 15.4. The Labute approximate surface area is 155 Å². The highest BCUT2D eigenvalue weighted by molar-refractivity contribution is 5.74. The molecule has 2 atom stereocenters. The van der Waals surface area contributed by atoms with Crippen LogP contribution in [0.1, 0.15) is 33.7 Å². The van der Waals surface area contributed by atoms with Gasteiger partial charge in [0, 0.05) is 39.4 Å². The van der Waals surface area contributed by atoms with Crippen LogP contribution in [0.15, 0.2) is 53.9 Å². The number of aromatic nitrogens is 2. The average Bonchev–Trinajstić information content (AvgIpc) is 3.08. The molecule has 2 heterocycles. The fourth-order valence-corrected chi connectivity index (χ4v) is 3.79. The number of halogens is 1. The predicted octanol–water partition coefficient (Wildman–Crippen LogP) is 4.41. The molecule has 0 bridgehead atoms. The lowest BCUT2D eigenvalue weighted by Crippen LogP contribution is -2.30. The first-order valence-corrected chi connectivity index (χ1v) is 9.40. The minimum absolute atomic E-state index is 0. The molecule has 1 saturated heterocycles. The van der Waals surface area contributed by atoms with Crippen LogP contribution < -0.4 is 5.32 Å². The molecule has 26 heavy (non-hydrogen) atoms. The van der Waals surface area contributed by atoms with Crippen LogP contribution in [0.3, 0.4) is 0 Å². The number of benzene rings is 1. The summed E-state index contributed by atoms with van der Waals surface area (Å²) in [6, 6.07) is 6.07. The van der Waals surface area contributed by atoms with Gasteiger partial charge < -0.3 is 10.2 Å². The van der Waals surface area contributed by atoms with Gasteiger partial charge in [-0.1, -0.05) is 26.0 Å². The molecule has 0 amide bonds. The minimum Gasteiger partial charge on any atom is -0.379 e. The predicted molar refractivity (Wildman–Crippen MR) is 104 cm³/mol. The summed E-state index contributed by atoms with van der Waals surface area (Å²) in [5.74, 6) is 0.601. The topological polar surface area (TPSA) is 41.1 Å². The molecule has 1 aliphatic carbocycles. The number of fused-ring (bicyclic) bond motifs is 1. The van der Waals surface area contributed by atoms with E-state index in [2.05, 4.69) is 33.2 Å². The van der Waals surface area contributed by atoms with Crippen molar-refractivity contribution in [2.24, 2.45) is 11.8 Å². The molecule has 5 heteroatoms. The van der Waals surface area contributed by atoms with E-state index in [4.69, 9.17) is 0 Å². The lowest BCUT2D eigenvalue weighted by molar-refractivity contribution is 0.360.